The minimum absolute atomic E-state index is 0.280. The predicted molar refractivity (Wildman–Crippen MR) is 98.7 cm³/mol. The first-order chi connectivity index (χ1) is 12.1. The summed E-state index contributed by atoms with van der Waals surface area (Å²) < 4.78 is 5.88. The number of ether oxygens (including phenoxy) is 1. The monoisotopic (exact) mass is 383 g/mol. The Labute approximate surface area is 154 Å². The molecule has 1 aromatic heterocycles. The number of rotatable bonds is 9. The first-order valence-corrected chi connectivity index (χ1v) is 9.67. The van der Waals surface area contributed by atoms with Crippen molar-refractivity contribution in [3.63, 3.8) is 0 Å². The summed E-state index contributed by atoms with van der Waals surface area (Å²) in [5.74, 6) is -0.0169. The number of anilines is 1. The Hall–Kier alpha value is -2.07. The SMILES string of the molecule is C=CCNc1nnc(SCC2=C(C(=O)OCC)[C@@H](CC)NC(=O)N2)s1. The molecule has 0 saturated carbocycles. The number of amides is 2. The van der Waals surface area contributed by atoms with Gasteiger partial charge in [0.05, 0.1) is 18.2 Å². The predicted octanol–water partition coefficient (Wildman–Crippen LogP) is 2.14. The van der Waals surface area contributed by atoms with Gasteiger partial charge in [-0.05, 0) is 13.3 Å². The summed E-state index contributed by atoms with van der Waals surface area (Å²) in [6.45, 7) is 8.18. The number of thioether (sulfide) groups is 1. The zero-order valence-corrected chi connectivity index (χ0v) is 15.8. The molecule has 25 heavy (non-hydrogen) atoms. The average molecular weight is 383 g/mol. The molecule has 1 aromatic rings. The van der Waals surface area contributed by atoms with Gasteiger partial charge in [-0.3, -0.25) is 0 Å². The highest BCUT2D eigenvalue weighted by Gasteiger charge is 2.31. The van der Waals surface area contributed by atoms with Crippen LogP contribution in [-0.2, 0) is 9.53 Å². The summed E-state index contributed by atoms with van der Waals surface area (Å²) in [7, 11) is 0. The van der Waals surface area contributed by atoms with Crippen LogP contribution in [0.3, 0.4) is 0 Å². The molecule has 0 spiro atoms. The summed E-state index contributed by atoms with van der Waals surface area (Å²) in [6, 6.07) is -0.677. The third kappa shape index (κ3) is 5.20. The summed E-state index contributed by atoms with van der Waals surface area (Å²) in [4.78, 5) is 24.1. The Morgan fingerprint density at radius 2 is 2.28 bits per heavy atom. The van der Waals surface area contributed by atoms with Crippen molar-refractivity contribution in [3.8, 4) is 0 Å². The number of aromatic nitrogens is 2. The molecule has 8 nitrogen and oxygen atoms in total. The molecule has 3 N–H and O–H groups in total. The number of urea groups is 1. The molecule has 0 aromatic carbocycles. The fraction of sp³-hybridized carbons (Fsp3) is 0.467. The lowest BCUT2D eigenvalue weighted by Gasteiger charge is -2.28. The van der Waals surface area contributed by atoms with Gasteiger partial charge in [0, 0.05) is 18.0 Å². The van der Waals surface area contributed by atoms with Crippen molar-refractivity contribution in [2.75, 3.05) is 24.2 Å². The van der Waals surface area contributed by atoms with Crippen LogP contribution in [0.25, 0.3) is 0 Å². The number of hydrogen-bond acceptors (Lipinski definition) is 8. The highest BCUT2D eigenvalue weighted by atomic mass is 32.2. The first kappa shape index (κ1) is 19.3. The van der Waals surface area contributed by atoms with Crippen LogP contribution < -0.4 is 16.0 Å². The molecule has 0 fully saturated rings. The lowest BCUT2D eigenvalue weighted by atomic mass is 10.0. The van der Waals surface area contributed by atoms with Gasteiger partial charge in [0.1, 0.15) is 0 Å². The molecule has 1 aliphatic rings. The van der Waals surface area contributed by atoms with Crippen molar-refractivity contribution in [2.45, 2.75) is 30.6 Å². The van der Waals surface area contributed by atoms with E-state index in [2.05, 4.69) is 32.7 Å². The molecule has 0 radical (unpaired) electrons. The molecule has 0 aliphatic carbocycles. The third-order valence-corrected chi connectivity index (χ3v) is 5.33. The van der Waals surface area contributed by atoms with Crippen LogP contribution in [0.1, 0.15) is 20.3 Å². The topological polar surface area (TPSA) is 105 Å². The molecular formula is C15H21N5O3S2. The molecule has 1 atom stereocenters. The van der Waals surface area contributed by atoms with E-state index in [1.807, 2.05) is 6.92 Å². The van der Waals surface area contributed by atoms with E-state index in [0.717, 1.165) is 4.34 Å². The maximum atomic E-state index is 12.3. The zero-order chi connectivity index (χ0) is 18.2. The molecule has 0 bridgehead atoms. The van der Waals surface area contributed by atoms with E-state index in [1.54, 1.807) is 13.0 Å². The standard InChI is InChI=1S/C15H21N5O3S2/c1-4-7-16-14-19-20-15(25-14)24-8-10-11(12(21)23-6-3)9(5-2)17-13(22)18-10/h4,9H,1,5-8H2,2-3H3,(H,16,19)(H2,17,18,22)/t9-/m1/s1. The summed E-state index contributed by atoms with van der Waals surface area (Å²) >= 11 is 2.81. The van der Waals surface area contributed by atoms with Crippen LogP contribution in [0, 0.1) is 0 Å². The Kier molecular flexibility index (Phi) is 7.26. The molecule has 0 saturated heterocycles. The minimum atomic E-state index is -0.414. The van der Waals surface area contributed by atoms with Gasteiger partial charge in [-0.15, -0.1) is 16.8 Å². The molecular weight excluding hydrogens is 362 g/mol. The number of hydrogen-bond donors (Lipinski definition) is 3. The fourth-order valence-electron chi connectivity index (χ4n) is 2.21. The Bertz CT molecular complexity index is 674. The van der Waals surface area contributed by atoms with Crippen LogP contribution >= 0.6 is 23.1 Å². The number of esters is 1. The molecule has 0 unspecified atom stereocenters. The Balaban J connectivity index is 2.13. The van der Waals surface area contributed by atoms with Gasteiger partial charge < -0.3 is 20.7 Å². The van der Waals surface area contributed by atoms with E-state index in [-0.39, 0.29) is 18.7 Å². The van der Waals surface area contributed by atoms with Gasteiger partial charge in [-0.2, -0.15) is 0 Å². The van der Waals surface area contributed by atoms with E-state index in [1.165, 1.54) is 23.1 Å². The average Bonchev–Trinajstić information content (AvgIpc) is 3.05. The van der Waals surface area contributed by atoms with E-state index in [9.17, 15) is 9.59 Å². The summed E-state index contributed by atoms with van der Waals surface area (Å²) in [5.41, 5.74) is 1.01. The van der Waals surface area contributed by atoms with Crippen LogP contribution in [0.2, 0.25) is 0 Å². The lowest BCUT2D eigenvalue weighted by Crippen LogP contribution is -2.50. The quantitative estimate of drug-likeness (QED) is 0.341. The largest absolute Gasteiger partial charge is 0.463 e. The highest BCUT2D eigenvalue weighted by molar-refractivity contribution is 8.01. The molecule has 2 rings (SSSR count). The van der Waals surface area contributed by atoms with Crippen LogP contribution in [-0.4, -0.2) is 47.1 Å². The van der Waals surface area contributed by atoms with Crippen LogP contribution in [0.4, 0.5) is 9.93 Å². The normalized spacial score (nSPS) is 16.9. The third-order valence-electron chi connectivity index (χ3n) is 3.29. The highest BCUT2D eigenvalue weighted by Crippen LogP contribution is 2.28. The van der Waals surface area contributed by atoms with Crippen molar-refractivity contribution in [3.05, 3.63) is 23.9 Å². The second-order valence-corrected chi connectivity index (χ2v) is 7.20. The van der Waals surface area contributed by atoms with E-state index in [0.29, 0.717) is 35.1 Å². The maximum Gasteiger partial charge on any atom is 0.337 e. The number of nitrogens with zero attached hydrogens (tertiary/aromatic N) is 2. The van der Waals surface area contributed by atoms with Crippen LogP contribution in [0.5, 0.6) is 0 Å². The minimum Gasteiger partial charge on any atom is -0.463 e. The fourth-order valence-corrected chi connectivity index (χ4v) is 3.94. The van der Waals surface area contributed by atoms with Crippen molar-refractivity contribution >= 4 is 40.2 Å². The van der Waals surface area contributed by atoms with E-state index in [4.69, 9.17) is 4.74 Å². The molecule has 2 amide bonds. The number of nitrogens with one attached hydrogen (secondary N) is 3. The second kappa shape index (κ2) is 9.42. The Morgan fingerprint density at radius 3 is 2.96 bits per heavy atom. The van der Waals surface area contributed by atoms with Crippen LogP contribution in [0.15, 0.2) is 28.3 Å². The van der Waals surface area contributed by atoms with Crippen molar-refractivity contribution < 1.29 is 14.3 Å². The molecule has 1 aliphatic heterocycles. The first-order valence-electron chi connectivity index (χ1n) is 7.87. The van der Waals surface area contributed by atoms with Gasteiger partial charge in [0.15, 0.2) is 4.34 Å². The Morgan fingerprint density at radius 1 is 1.48 bits per heavy atom. The van der Waals surface area contributed by atoms with Gasteiger partial charge in [-0.25, -0.2) is 9.59 Å². The summed E-state index contributed by atoms with van der Waals surface area (Å²) in [6.07, 6.45) is 2.34. The lowest BCUT2D eigenvalue weighted by molar-refractivity contribution is -0.139. The molecule has 136 valence electrons. The second-order valence-electron chi connectivity index (χ2n) is 5.00. The van der Waals surface area contributed by atoms with Gasteiger partial charge >= 0.3 is 12.0 Å². The van der Waals surface area contributed by atoms with Crippen molar-refractivity contribution in [1.82, 2.24) is 20.8 Å². The van der Waals surface area contributed by atoms with Gasteiger partial charge in [-0.1, -0.05) is 36.1 Å². The van der Waals surface area contributed by atoms with E-state index < -0.39 is 5.97 Å². The van der Waals surface area contributed by atoms with Crippen molar-refractivity contribution in [2.24, 2.45) is 0 Å². The number of carbonyl (C=O) groups excluding carboxylic acids is 2. The summed E-state index contributed by atoms with van der Waals surface area (Å²) in [5, 5.41) is 17.3. The van der Waals surface area contributed by atoms with Gasteiger partial charge in [0.25, 0.3) is 0 Å². The van der Waals surface area contributed by atoms with E-state index >= 15 is 0 Å². The van der Waals surface area contributed by atoms with Gasteiger partial charge in [0.2, 0.25) is 5.13 Å². The van der Waals surface area contributed by atoms with Crippen molar-refractivity contribution in [1.29, 1.82) is 0 Å². The maximum absolute atomic E-state index is 12.3. The zero-order valence-electron chi connectivity index (χ0n) is 14.1. The molecule has 10 heteroatoms. The molecule has 2 heterocycles. The number of carbonyl (C=O) groups is 2. The smallest absolute Gasteiger partial charge is 0.337 e.